The zero-order chi connectivity index (χ0) is 39.4. The summed E-state index contributed by atoms with van der Waals surface area (Å²) in [6.07, 6.45) is 0. The SMILES string of the molecule is c1ccc(-c2ccc(-c3cccc(N(c4ccc(-c5cccc(-c6ccccc6)c5)cc4)c4cccc(-c5cccc(-c6cccc7ccccc67)c5)c4)c3)cc2)cc1. The van der Waals surface area contributed by atoms with Crippen molar-refractivity contribution in [2.45, 2.75) is 0 Å². The van der Waals surface area contributed by atoms with Gasteiger partial charge in [0.05, 0.1) is 0 Å². The van der Waals surface area contributed by atoms with E-state index in [0.717, 1.165) is 22.6 Å². The molecule has 1 heteroatoms. The third-order valence-electron chi connectivity index (χ3n) is 11.3. The van der Waals surface area contributed by atoms with Gasteiger partial charge in [0.1, 0.15) is 0 Å². The highest BCUT2D eigenvalue weighted by Crippen LogP contribution is 2.40. The number of nitrogens with zero attached hydrogens (tertiary/aromatic N) is 1. The van der Waals surface area contributed by atoms with Crippen molar-refractivity contribution in [3.05, 3.63) is 249 Å². The summed E-state index contributed by atoms with van der Waals surface area (Å²) in [5.74, 6) is 0. The van der Waals surface area contributed by atoms with E-state index < -0.39 is 0 Å². The molecule has 0 radical (unpaired) electrons. The Morgan fingerprint density at radius 2 is 0.559 bits per heavy atom. The van der Waals surface area contributed by atoms with Gasteiger partial charge in [0.25, 0.3) is 0 Å². The van der Waals surface area contributed by atoms with Crippen LogP contribution in [0.2, 0.25) is 0 Å². The Hall–Kier alpha value is -7.74. The van der Waals surface area contributed by atoms with Crippen molar-refractivity contribution in [2.24, 2.45) is 0 Å². The van der Waals surface area contributed by atoms with Gasteiger partial charge in [0, 0.05) is 17.1 Å². The molecule has 59 heavy (non-hydrogen) atoms. The van der Waals surface area contributed by atoms with Crippen molar-refractivity contribution >= 4 is 27.8 Å². The molecule has 0 unspecified atom stereocenters. The Morgan fingerprint density at radius 1 is 0.203 bits per heavy atom. The molecule has 0 amide bonds. The molecule has 0 aromatic heterocycles. The Balaban J connectivity index is 1.04. The van der Waals surface area contributed by atoms with E-state index in [-0.39, 0.29) is 0 Å². The van der Waals surface area contributed by atoms with Crippen LogP contribution in [0.3, 0.4) is 0 Å². The molecule has 10 aromatic rings. The number of rotatable bonds is 9. The minimum absolute atomic E-state index is 1.09. The van der Waals surface area contributed by atoms with Gasteiger partial charge in [-0.05, 0) is 126 Å². The van der Waals surface area contributed by atoms with E-state index in [1.165, 1.54) is 72.0 Å². The van der Waals surface area contributed by atoms with E-state index in [4.69, 9.17) is 0 Å². The molecule has 0 spiro atoms. The summed E-state index contributed by atoms with van der Waals surface area (Å²) in [5.41, 5.74) is 17.6. The highest BCUT2D eigenvalue weighted by atomic mass is 15.1. The quantitative estimate of drug-likeness (QED) is 0.142. The van der Waals surface area contributed by atoms with Crippen molar-refractivity contribution in [2.75, 3.05) is 4.90 Å². The lowest BCUT2D eigenvalue weighted by Crippen LogP contribution is -2.10. The Labute approximate surface area is 346 Å². The first-order chi connectivity index (χ1) is 29.2. The molecule has 10 aromatic carbocycles. The molecule has 0 N–H and O–H groups in total. The van der Waals surface area contributed by atoms with Crippen molar-refractivity contribution in [1.29, 1.82) is 0 Å². The molecule has 0 saturated heterocycles. The lowest BCUT2D eigenvalue weighted by Gasteiger charge is -2.27. The van der Waals surface area contributed by atoms with Crippen LogP contribution in [-0.2, 0) is 0 Å². The van der Waals surface area contributed by atoms with Crippen LogP contribution in [0.25, 0.3) is 77.5 Å². The Morgan fingerprint density at radius 3 is 1.17 bits per heavy atom. The third-order valence-corrected chi connectivity index (χ3v) is 11.3. The van der Waals surface area contributed by atoms with Crippen molar-refractivity contribution in [3.8, 4) is 66.8 Å². The number of hydrogen-bond acceptors (Lipinski definition) is 1. The molecular formula is C58H41N. The van der Waals surface area contributed by atoms with Crippen LogP contribution in [0.5, 0.6) is 0 Å². The lowest BCUT2D eigenvalue weighted by molar-refractivity contribution is 1.28. The van der Waals surface area contributed by atoms with Crippen LogP contribution < -0.4 is 4.90 Å². The molecule has 0 atom stereocenters. The Bertz CT molecular complexity index is 3010. The second kappa shape index (κ2) is 16.0. The third kappa shape index (κ3) is 7.46. The first-order valence-corrected chi connectivity index (χ1v) is 20.2. The largest absolute Gasteiger partial charge is 0.310 e. The number of hydrogen-bond donors (Lipinski definition) is 0. The first-order valence-electron chi connectivity index (χ1n) is 20.2. The topological polar surface area (TPSA) is 3.24 Å². The molecule has 0 heterocycles. The van der Waals surface area contributed by atoms with E-state index in [9.17, 15) is 0 Å². The monoisotopic (exact) mass is 751 g/mol. The fourth-order valence-electron chi connectivity index (χ4n) is 8.24. The summed E-state index contributed by atoms with van der Waals surface area (Å²) >= 11 is 0. The van der Waals surface area contributed by atoms with Crippen molar-refractivity contribution < 1.29 is 0 Å². The zero-order valence-corrected chi connectivity index (χ0v) is 32.6. The maximum absolute atomic E-state index is 2.38. The highest BCUT2D eigenvalue weighted by molar-refractivity contribution is 5.97. The lowest BCUT2D eigenvalue weighted by atomic mass is 9.95. The second-order valence-electron chi connectivity index (χ2n) is 15.0. The zero-order valence-electron chi connectivity index (χ0n) is 32.6. The van der Waals surface area contributed by atoms with Crippen LogP contribution in [0.15, 0.2) is 249 Å². The van der Waals surface area contributed by atoms with Gasteiger partial charge in [0.2, 0.25) is 0 Å². The normalized spacial score (nSPS) is 11.1. The molecule has 10 rings (SSSR count). The highest BCUT2D eigenvalue weighted by Gasteiger charge is 2.16. The minimum atomic E-state index is 1.09. The smallest absolute Gasteiger partial charge is 0.0467 e. The molecule has 278 valence electrons. The van der Waals surface area contributed by atoms with Crippen LogP contribution in [0.4, 0.5) is 17.1 Å². The van der Waals surface area contributed by atoms with Crippen LogP contribution in [0.1, 0.15) is 0 Å². The van der Waals surface area contributed by atoms with Crippen molar-refractivity contribution in [1.82, 2.24) is 0 Å². The van der Waals surface area contributed by atoms with Gasteiger partial charge >= 0.3 is 0 Å². The molecule has 0 bridgehead atoms. The molecular weight excluding hydrogens is 711 g/mol. The minimum Gasteiger partial charge on any atom is -0.310 e. The predicted octanol–water partition coefficient (Wildman–Crippen LogP) is 16.3. The molecule has 1 nitrogen and oxygen atoms in total. The summed E-state index contributed by atoms with van der Waals surface area (Å²) < 4.78 is 0. The van der Waals surface area contributed by atoms with Crippen molar-refractivity contribution in [3.63, 3.8) is 0 Å². The van der Waals surface area contributed by atoms with Gasteiger partial charge < -0.3 is 4.90 Å². The van der Waals surface area contributed by atoms with E-state index >= 15 is 0 Å². The average molecular weight is 752 g/mol. The van der Waals surface area contributed by atoms with Gasteiger partial charge in [-0.2, -0.15) is 0 Å². The maximum Gasteiger partial charge on any atom is 0.0467 e. The van der Waals surface area contributed by atoms with E-state index in [1.54, 1.807) is 0 Å². The van der Waals surface area contributed by atoms with E-state index in [1.807, 2.05) is 0 Å². The van der Waals surface area contributed by atoms with Gasteiger partial charge in [-0.25, -0.2) is 0 Å². The van der Waals surface area contributed by atoms with Crippen LogP contribution >= 0.6 is 0 Å². The summed E-state index contributed by atoms with van der Waals surface area (Å²) in [7, 11) is 0. The molecule has 0 fully saturated rings. The summed E-state index contributed by atoms with van der Waals surface area (Å²) in [4.78, 5) is 2.38. The van der Waals surface area contributed by atoms with Gasteiger partial charge in [-0.15, -0.1) is 0 Å². The summed E-state index contributed by atoms with van der Waals surface area (Å²) in [5, 5.41) is 2.51. The predicted molar refractivity (Wildman–Crippen MR) is 251 cm³/mol. The molecule has 0 aliphatic heterocycles. The van der Waals surface area contributed by atoms with E-state index in [2.05, 4.69) is 254 Å². The maximum atomic E-state index is 2.38. The fourth-order valence-corrected chi connectivity index (χ4v) is 8.24. The molecule has 0 saturated carbocycles. The number of fused-ring (bicyclic) bond motifs is 1. The summed E-state index contributed by atoms with van der Waals surface area (Å²) in [6.45, 7) is 0. The number of benzene rings is 10. The van der Waals surface area contributed by atoms with Crippen LogP contribution in [-0.4, -0.2) is 0 Å². The second-order valence-corrected chi connectivity index (χ2v) is 15.0. The van der Waals surface area contributed by atoms with Gasteiger partial charge in [0.15, 0.2) is 0 Å². The summed E-state index contributed by atoms with van der Waals surface area (Å²) in [6, 6.07) is 89.8. The average Bonchev–Trinajstić information content (AvgIpc) is 3.32. The molecule has 0 aliphatic carbocycles. The Kier molecular flexibility index (Phi) is 9.68. The fraction of sp³-hybridized carbons (Fsp3) is 0. The number of anilines is 3. The van der Waals surface area contributed by atoms with Crippen LogP contribution in [0, 0.1) is 0 Å². The van der Waals surface area contributed by atoms with Gasteiger partial charge in [-0.3, -0.25) is 0 Å². The molecule has 0 aliphatic rings. The van der Waals surface area contributed by atoms with Gasteiger partial charge in [-0.1, -0.05) is 200 Å². The first kappa shape index (κ1) is 35.7. The van der Waals surface area contributed by atoms with E-state index in [0.29, 0.717) is 0 Å². The standard InChI is InChI=1S/C58H41N/c1-3-14-42(15-4-1)44-30-32-45(33-31-44)51-23-11-26-55(40-51)59(54-36-34-46(35-37-54)49-21-9-20-48(38-49)43-16-5-2-6-17-43)56-27-12-24-52(41-56)50-22-10-25-53(39-50)58-29-13-19-47-18-7-8-28-57(47)58/h1-41H.